The lowest BCUT2D eigenvalue weighted by Gasteiger charge is -2.28. The number of hydrogen-bond donors (Lipinski definition) is 0. The Balaban J connectivity index is 1.66. The highest BCUT2D eigenvalue weighted by Crippen LogP contribution is 2.27. The molecule has 148 valence electrons. The van der Waals surface area contributed by atoms with Crippen LogP contribution in [-0.2, 0) is 4.79 Å². The summed E-state index contributed by atoms with van der Waals surface area (Å²) < 4.78 is 5.35. The van der Waals surface area contributed by atoms with Gasteiger partial charge in [0.15, 0.2) is 0 Å². The van der Waals surface area contributed by atoms with Gasteiger partial charge in [0.2, 0.25) is 5.91 Å². The van der Waals surface area contributed by atoms with Crippen LogP contribution in [0.5, 0.6) is 5.75 Å². The minimum absolute atomic E-state index is 0.0604. The monoisotopic (exact) mass is 372 g/mol. The van der Waals surface area contributed by atoms with E-state index in [1.807, 2.05) is 35.8 Å². The molecule has 1 aromatic rings. The van der Waals surface area contributed by atoms with Crippen molar-refractivity contribution in [2.75, 3.05) is 33.3 Å². The molecule has 5 nitrogen and oxygen atoms in total. The Morgan fingerprint density at radius 2 is 1.56 bits per heavy atom. The maximum Gasteiger partial charge on any atom is 0.254 e. The molecule has 2 aliphatic rings. The maximum absolute atomic E-state index is 13.1. The molecule has 27 heavy (non-hydrogen) atoms. The molecule has 1 aliphatic heterocycles. The molecule has 0 atom stereocenters. The van der Waals surface area contributed by atoms with Crippen LogP contribution < -0.4 is 4.74 Å². The summed E-state index contributed by atoms with van der Waals surface area (Å²) in [6.07, 6.45) is 6.51. The van der Waals surface area contributed by atoms with Crippen LogP contribution in [0.1, 0.15) is 60.0 Å². The Morgan fingerprint density at radius 3 is 2.26 bits per heavy atom. The first kappa shape index (κ1) is 19.7. The van der Waals surface area contributed by atoms with Crippen molar-refractivity contribution in [2.24, 2.45) is 5.92 Å². The third-order valence-corrected chi connectivity index (χ3v) is 6.24. The van der Waals surface area contributed by atoms with Gasteiger partial charge in [-0.05, 0) is 56.4 Å². The first-order chi connectivity index (χ1) is 13.0. The minimum atomic E-state index is 0.0604. The van der Waals surface area contributed by atoms with Crippen LogP contribution in [0.2, 0.25) is 0 Å². The number of carbonyl (C=O) groups is 2. The second-order valence-corrected chi connectivity index (χ2v) is 7.87. The van der Waals surface area contributed by atoms with Crippen LogP contribution in [0.3, 0.4) is 0 Å². The van der Waals surface area contributed by atoms with Crippen molar-refractivity contribution < 1.29 is 14.3 Å². The smallest absolute Gasteiger partial charge is 0.254 e. The standard InChI is InChI=1S/C22H32N2O3/c1-16-17(2)20(27-3)11-10-19(16)22(26)24-13-7-12-23(14-15-24)21(25)18-8-5-4-6-9-18/h10-11,18H,4-9,12-15H2,1-3H3. The molecule has 0 unspecified atom stereocenters. The molecule has 1 heterocycles. The van der Waals surface area contributed by atoms with E-state index in [4.69, 9.17) is 4.74 Å². The van der Waals surface area contributed by atoms with E-state index in [0.29, 0.717) is 25.5 Å². The van der Waals surface area contributed by atoms with Gasteiger partial charge in [-0.2, -0.15) is 0 Å². The van der Waals surface area contributed by atoms with Gasteiger partial charge < -0.3 is 14.5 Å². The third kappa shape index (κ3) is 4.28. The lowest BCUT2D eigenvalue weighted by atomic mass is 9.88. The fourth-order valence-corrected chi connectivity index (χ4v) is 4.37. The van der Waals surface area contributed by atoms with Gasteiger partial charge in [0, 0.05) is 37.7 Å². The highest BCUT2D eigenvalue weighted by Gasteiger charge is 2.29. The Kier molecular flexibility index (Phi) is 6.40. The molecule has 3 rings (SSSR count). The van der Waals surface area contributed by atoms with Crippen molar-refractivity contribution in [3.8, 4) is 5.75 Å². The highest BCUT2D eigenvalue weighted by molar-refractivity contribution is 5.96. The summed E-state index contributed by atoms with van der Waals surface area (Å²) in [4.78, 5) is 29.8. The number of rotatable bonds is 3. The molecule has 0 spiro atoms. The summed E-state index contributed by atoms with van der Waals surface area (Å²) in [6.45, 7) is 6.69. The molecular formula is C22H32N2O3. The van der Waals surface area contributed by atoms with Gasteiger partial charge in [0.25, 0.3) is 5.91 Å². The van der Waals surface area contributed by atoms with E-state index in [1.54, 1.807) is 7.11 Å². The van der Waals surface area contributed by atoms with E-state index in [1.165, 1.54) is 19.3 Å². The summed E-state index contributed by atoms with van der Waals surface area (Å²) in [5.74, 6) is 1.38. The van der Waals surface area contributed by atoms with Gasteiger partial charge in [-0.1, -0.05) is 19.3 Å². The lowest BCUT2D eigenvalue weighted by Crippen LogP contribution is -2.40. The Labute approximate surface area is 162 Å². The van der Waals surface area contributed by atoms with Gasteiger partial charge in [-0.3, -0.25) is 9.59 Å². The zero-order valence-corrected chi connectivity index (χ0v) is 16.9. The number of nitrogens with zero attached hydrogens (tertiary/aromatic N) is 2. The first-order valence-corrected chi connectivity index (χ1v) is 10.2. The molecule has 1 aliphatic carbocycles. The maximum atomic E-state index is 13.1. The van der Waals surface area contributed by atoms with Crippen molar-refractivity contribution in [3.63, 3.8) is 0 Å². The van der Waals surface area contributed by atoms with Gasteiger partial charge >= 0.3 is 0 Å². The summed E-state index contributed by atoms with van der Waals surface area (Å²) >= 11 is 0. The number of hydrogen-bond acceptors (Lipinski definition) is 3. The number of benzene rings is 1. The summed E-state index contributed by atoms with van der Waals surface area (Å²) in [5.41, 5.74) is 2.71. The average Bonchev–Trinajstić information content (AvgIpc) is 2.96. The molecule has 1 aromatic carbocycles. The summed E-state index contributed by atoms with van der Waals surface area (Å²) in [5, 5.41) is 0. The van der Waals surface area contributed by atoms with Crippen molar-refractivity contribution in [1.82, 2.24) is 9.80 Å². The Hall–Kier alpha value is -2.04. The molecule has 0 bridgehead atoms. The number of methoxy groups -OCH3 is 1. The van der Waals surface area contributed by atoms with Crippen LogP contribution in [0.25, 0.3) is 0 Å². The van der Waals surface area contributed by atoms with E-state index >= 15 is 0 Å². The SMILES string of the molecule is COc1ccc(C(=O)N2CCCN(C(=O)C3CCCCC3)CC2)c(C)c1C. The van der Waals surface area contributed by atoms with Crippen LogP contribution in [-0.4, -0.2) is 54.9 Å². The molecule has 0 radical (unpaired) electrons. The van der Waals surface area contributed by atoms with Crippen LogP contribution >= 0.6 is 0 Å². The van der Waals surface area contributed by atoms with E-state index < -0.39 is 0 Å². The number of amides is 2. The summed E-state index contributed by atoms with van der Waals surface area (Å²) in [7, 11) is 1.65. The molecule has 0 N–H and O–H groups in total. The molecule has 5 heteroatoms. The predicted octanol–water partition coefficient (Wildman–Crippen LogP) is 3.57. The normalized spacial score (nSPS) is 18.9. The van der Waals surface area contributed by atoms with E-state index in [9.17, 15) is 9.59 Å². The van der Waals surface area contributed by atoms with Gasteiger partial charge in [0.05, 0.1) is 7.11 Å². The van der Waals surface area contributed by atoms with E-state index in [-0.39, 0.29) is 11.8 Å². The molecule has 0 aromatic heterocycles. The fraction of sp³-hybridized carbons (Fsp3) is 0.636. The second-order valence-electron chi connectivity index (χ2n) is 7.87. The molecular weight excluding hydrogens is 340 g/mol. The van der Waals surface area contributed by atoms with Crippen LogP contribution in [0, 0.1) is 19.8 Å². The largest absolute Gasteiger partial charge is 0.496 e. The second kappa shape index (κ2) is 8.77. The number of ether oxygens (including phenoxy) is 1. The van der Waals surface area contributed by atoms with Gasteiger partial charge in [-0.15, -0.1) is 0 Å². The first-order valence-electron chi connectivity index (χ1n) is 10.2. The molecule has 1 saturated carbocycles. The Morgan fingerprint density at radius 1 is 0.889 bits per heavy atom. The highest BCUT2D eigenvalue weighted by atomic mass is 16.5. The quantitative estimate of drug-likeness (QED) is 0.815. The van der Waals surface area contributed by atoms with Crippen molar-refractivity contribution in [1.29, 1.82) is 0 Å². The van der Waals surface area contributed by atoms with E-state index in [2.05, 4.69) is 0 Å². The van der Waals surface area contributed by atoms with Crippen LogP contribution in [0.15, 0.2) is 12.1 Å². The number of carbonyl (C=O) groups excluding carboxylic acids is 2. The topological polar surface area (TPSA) is 49.9 Å². The molecule has 2 amide bonds. The van der Waals surface area contributed by atoms with Crippen molar-refractivity contribution >= 4 is 11.8 Å². The Bertz CT molecular complexity index is 695. The van der Waals surface area contributed by atoms with Crippen molar-refractivity contribution in [2.45, 2.75) is 52.4 Å². The third-order valence-electron chi connectivity index (χ3n) is 6.24. The fourth-order valence-electron chi connectivity index (χ4n) is 4.37. The van der Waals surface area contributed by atoms with Gasteiger partial charge in [-0.25, -0.2) is 0 Å². The predicted molar refractivity (Wildman–Crippen MR) is 106 cm³/mol. The van der Waals surface area contributed by atoms with Crippen LogP contribution in [0.4, 0.5) is 0 Å². The van der Waals surface area contributed by atoms with Crippen molar-refractivity contribution in [3.05, 3.63) is 28.8 Å². The zero-order chi connectivity index (χ0) is 19.4. The minimum Gasteiger partial charge on any atom is -0.496 e. The van der Waals surface area contributed by atoms with Gasteiger partial charge in [0.1, 0.15) is 5.75 Å². The molecule has 2 fully saturated rings. The summed E-state index contributed by atoms with van der Waals surface area (Å²) in [6, 6.07) is 3.73. The lowest BCUT2D eigenvalue weighted by molar-refractivity contribution is -0.136. The molecule has 1 saturated heterocycles. The zero-order valence-electron chi connectivity index (χ0n) is 16.9. The van der Waals surface area contributed by atoms with E-state index in [0.717, 1.165) is 48.2 Å². The average molecular weight is 373 g/mol.